The van der Waals surface area contributed by atoms with Crippen LogP contribution in [0.4, 0.5) is 11.4 Å². The maximum Gasteiger partial charge on any atom is 0.262 e. The van der Waals surface area contributed by atoms with E-state index in [2.05, 4.69) is 14.9 Å². The minimum absolute atomic E-state index is 0. The van der Waals surface area contributed by atoms with E-state index in [-0.39, 0.29) is 17.3 Å². The van der Waals surface area contributed by atoms with Gasteiger partial charge in [-0.2, -0.15) is 0 Å². The van der Waals surface area contributed by atoms with Gasteiger partial charge in [0, 0.05) is 26.2 Å². The molecule has 1 saturated heterocycles. The first-order chi connectivity index (χ1) is 12.4. The Bertz CT molecular complexity index is 901. The van der Waals surface area contributed by atoms with Crippen molar-refractivity contribution in [3.05, 3.63) is 47.0 Å². The van der Waals surface area contributed by atoms with Gasteiger partial charge in [-0.25, -0.2) is 8.42 Å². The van der Waals surface area contributed by atoms with Crippen LogP contribution in [0.3, 0.4) is 0 Å². The Morgan fingerprint density at radius 1 is 1.15 bits per heavy atom. The van der Waals surface area contributed by atoms with Crippen molar-refractivity contribution in [1.82, 2.24) is 5.32 Å². The summed E-state index contributed by atoms with van der Waals surface area (Å²) < 4.78 is 33.6. The highest BCUT2D eigenvalue weighted by Gasteiger charge is 2.21. The lowest BCUT2D eigenvalue weighted by Crippen LogP contribution is -2.43. The molecule has 0 bridgehead atoms. The summed E-state index contributed by atoms with van der Waals surface area (Å²) >= 11 is 6.16. The molecule has 1 fully saturated rings. The predicted molar refractivity (Wildman–Crippen MR) is 112 cm³/mol. The number of rotatable bonds is 5. The number of methoxy groups -OCH3 is 1. The Kier molecular flexibility index (Phi) is 7.22. The van der Waals surface area contributed by atoms with Gasteiger partial charge in [0.1, 0.15) is 5.75 Å². The van der Waals surface area contributed by atoms with Crippen molar-refractivity contribution in [2.45, 2.75) is 11.8 Å². The molecule has 0 saturated carbocycles. The van der Waals surface area contributed by atoms with Gasteiger partial charge in [0.15, 0.2) is 0 Å². The largest absolute Gasteiger partial charge is 0.495 e. The number of nitrogens with one attached hydrogen (secondary N) is 2. The van der Waals surface area contributed by atoms with Crippen LogP contribution in [0.15, 0.2) is 41.3 Å². The van der Waals surface area contributed by atoms with Crippen LogP contribution < -0.4 is 19.7 Å². The molecule has 2 aromatic rings. The van der Waals surface area contributed by atoms with Crippen molar-refractivity contribution in [1.29, 1.82) is 0 Å². The fourth-order valence-electron chi connectivity index (χ4n) is 2.90. The van der Waals surface area contributed by atoms with E-state index in [4.69, 9.17) is 16.3 Å². The zero-order valence-corrected chi connectivity index (χ0v) is 17.5. The molecule has 0 unspecified atom stereocenters. The fraction of sp³-hybridized carbons (Fsp3) is 0.333. The number of halogens is 2. The van der Waals surface area contributed by atoms with Gasteiger partial charge in [-0.1, -0.05) is 17.7 Å². The van der Waals surface area contributed by atoms with E-state index in [9.17, 15) is 8.42 Å². The summed E-state index contributed by atoms with van der Waals surface area (Å²) in [5.74, 6) is 0.652. The van der Waals surface area contributed by atoms with E-state index in [1.807, 2.05) is 13.0 Å². The third-order valence-electron chi connectivity index (χ3n) is 4.29. The van der Waals surface area contributed by atoms with Crippen molar-refractivity contribution in [2.75, 3.05) is 42.9 Å². The number of hydrogen-bond donors (Lipinski definition) is 2. The Balaban J connectivity index is 0.00000261. The lowest BCUT2D eigenvalue weighted by molar-refractivity contribution is 0.412. The van der Waals surface area contributed by atoms with Gasteiger partial charge < -0.3 is 15.0 Å². The monoisotopic (exact) mass is 431 g/mol. The number of benzene rings is 2. The molecule has 6 nitrogen and oxygen atoms in total. The zero-order valence-electron chi connectivity index (χ0n) is 15.2. The van der Waals surface area contributed by atoms with Gasteiger partial charge >= 0.3 is 0 Å². The third kappa shape index (κ3) is 4.99. The molecule has 0 radical (unpaired) electrons. The molecule has 0 aliphatic carbocycles. The first kappa shape index (κ1) is 21.6. The second-order valence-electron chi connectivity index (χ2n) is 6.16. The van der Waals surface area contributed by atoms with Crippen molar-refractivity contribution in [3.8, 4) is 5.75 Å². The van der Waals surface area contributed by atoms with Crippen molar-refractivity contribution in [3.63, 3.8) is 0 Å². The fourth-order valence-corrected chi connectivity index (χ4v) is 4.33. The maximum absolute atomic E-state index is 12.8. The van der Waals surface area contributed by atoms with E-state index in [1.165, 1.54) is 6.07 Å². The molecule has 0 spiro atoms. The molecule has 0 aromatic heterocycles. The summed E-state index contributed by atoms with van der Waals surface area (Å²) in [7, 11) is -2.18. The van der Waals surface area contributed by atoms with Crippen LogP contribution in [0.1, 0.15) is 5.56 Å². The number of anilines is 2. The Morgan fingerprint density at radius 2 is 1.85 bits per heavy atom. The Labute approximate surface area is 171 Å². The van der Waals surface area contributed by atoms with Crippen LogP contribution in [0.2, 0.25) is 5.02 Å². The van der Waals surface area contributed by atoms with Crippen LogP contribution in [-0.2, 0) is 10.0 Å². The second kappa shape index (κ2) is 9.01. The number of nitrogens with zero attached hydrogens (tertiary/aromatic N) is 1. The number of aryl methyl sites for hydroxylation is 1. The zero-order chi connectivity index (χ0) is 18.7. The lowest BCUT2D eigenvalue weighted by Gasteiger charge is -2.30. The molecule has 148 valence electrons. The predicted octanol–water partition coefficient (Wildman–Crippen LogP) is 3.29. The van der Waals surface area contributed by atoms with Crippen LogP contribution in [0.5, 0.6) is 5.75 Å². The van der Waals surface area contributed by atoms with Crippen LogP contribution in [0, 0.1) is 6.92 Å². The van der Waals surface area contributed by atoms with Gasteiger partial charge in [0.2, 0.25) is 0 Å². The molecule has 2 N–H and O–H groups in total. The van der Waals surface area contributed by atoms with E-state index >= 15 is 0 Å². The van der Waals surface area contributed by atoms with Crippen molar-refractivity contribution in [2.24, 2.45) is 0 Å². The number of hydrogen-bond acceptors (Lipinski definition) is 5. The average Bonchev–Trinajstić information content (AvgIpc) is 2.64. The summed E-state index contributed by atoms with van der Waals surface area (Å²) in [5.41, 5.74) is 2.09. The van der Waals surface area contributed by atoms with Crippen molar-refractivity contribution < 1.29 is 13.2 Å². The lowest BCUT2D eigenvalue weighted by atomic mass is 10.2. The van der Waals surface area contributed by atoms with Gasteiger partial charge in [-0.3, -0.25) is 4.72 Å². The first-order valence-corrected chi connectivity index (χ1v) is 10.2. The summed E-state index contributed by atoms with van der Waals surface area (Å²) in [6.45, 7) is 5.16. The summed E-state index contributed by atoms with van der Waals surface area (Å²) in [6.07, 6.45) is 0. The third-order valence-corrected chi connectivity index (χ3v) is 5.96. The van der Waals surface area contributed by atoms with Crippen LogP contribution in [-0.4, -0.2) is 41.7 Å². The smallest absolute Gasteiger partial charge is 0.262 e. The molecule has 1 aliphatic heterocycles. The average molecular weight is 432 g/mol. The topological polar surface area (TPSA) is 70.7 Å². The summed E-state index contributed by atoms with van der Waals surface area (Å²) in [5, 5.41) is 3.65. The molecule has 0 atom stereocenters. The minimum atomic E-state index is -3.77. The molecule has 1 heterocycles. The number of ether oxygens (including phenoxy) is 1. The van der Waals surface area contributed by atoms with Crippen molar-refractivity contribution >= 4 is 45.4 Å². The molecule has 2 aromatic carbocycles. The SMILES string of the molecule is COc1ccc(S(=O)(=O)Nc2ccc(C)cc2Cl)cc1N1CCNCC1.Cl. The molecule has 3 rings (SSSR count). The van der Waals surface area contributed by atoms with Crippen LogP contribution in [0.25, 0.3) is 0 Å². The van der Waals surface area contributed by atoms with E-state index in [0.29, 0.717) is 16.5 Å². The number of sulfonamides is 1. The van der Waals surface area contributed by atoms with Gasteiger partial charge in [0.25, 0.3) is 10.0 Å². The van der Waals surface area contributed by atoms with Crippen LogP contribution >= 0.6 is 24.0 Å². The van der Waals surface area contributed by atoms with E-state index < -0.39 is 10.0 Å². The highest BCUT2D eigenvalue weighted by molar-refractivity contribution is 7.92. The standard InChI is InChI=1S/C18H22ClN3O3S.ClH/c1-13-3-5-16(15(19)11-13)21-26(23,24)14-4-6-18(25-2)17(12-14)22-9-7-20-8-10-22;/h3-6,11-12,20-21H,7-10H2,1-2H3;1H. The van der Waals surface area contributed by atoms with E-state index in [1.54, 1.807) is 31.4 Å². The second-order valence-corrected chi connectivity index (χ2v) is 8.25. The molecule has 0 amide bonds. The maximum atomic E-state index is 12.8. The Hall–Kier alpha value is -1.67. The van der Waals surface area contributed by atoms with Gasteiger partial charge in [-0.15, -0.1) is 12.4 Å². The highest BCUT2D eigenvalue weighted by Crippen LogP contribution is 2.32. The summed E-state index contributed by atoms with van der Waals surface area (Å²) in [6, 6.07) is 10.1. The molecule has 27 heavy (non-hydrogen) atoms. The quantitative estimate of drug-likeness (QED) is 0.759. The number of piperazine rings is 1. The molecule has 1 aliphatic rings. The molecule has 9 heteroatoms. The van der Waals surface area contributed by atoms with E-state index in [0.717, 1.165) is 37.4 Å². The highest BCUT2D eigenvalue weighted by atomic mass is 35.5. The molecular formula is C18H23Cl2N3O3S. The van der Waals surface area contributed by atoms with Gasteiger partial charge in [-0.05, 0) is 42.8 Å². The van der Waals surface area contributed by atoms with Gasteiger partial charge in [0.05, 0.1) is 28.4 Å². The Morgan fingerprint density at radius 3 is 2.48 bits per heavy atom. The first-order valence-electron chi connectivity index (χ1n) is 8.33. The minimum Gasteiger partial charge on any atom is -0.495 e. The normalized spacial score (nSPS) is 14.4. The summed E-state index contributed by atoms with van der Waals surface area (Å²) in [4.78, 5) is 2.29. The molecular weight excluding hydrogens is 409 g/mol.